The second-order valence-corrected chi connectivity index (χ2v) is 8.47. The molecular formula is C26H22N6O. The maximum absolute atomic E-state index is 5.26. The minimum Gasteiger partial charge on any atom is -0.472 e. The van der Waals surface area contributed by atoms with Crippen LogP contribution in [0.5, 0.6) is 0 Å². The van der Waals surface area contributed by atoms with Crippen molar-refractivity contribution < 1.29 is 4.42 Å². The molecule has 0 fully saturated rings. The van der Waals surface area contributed by atoms with Crippen molar-refractivity contribution in [2.75, 3.05) is 14.1 Å². The molecule has 0 saturated carbocycles. The van der Waals surface area contributed by atoms with Gasteiger partial charge in [0.15, 0.2) is 0 Å². The first-order valence-corrected chi connectivity index (χ1v) is 10.7. The van der Waals surface area contributed by atoms with Crippen LogP contribution in [0.4, 0.5) is 0 Å². The van der Waals surface area contributed by atoms with E-state index in [4.69, 9.17) is 4.42 Å². The lowest BCUT2D eigenvalue weighted by Crippen LogP contribution is -2.10. The molecule has 5 heterocycles. The van der Waals surface area contributed by atoms with Crippen molar-refractivity contribution in [3.05, 3.63) is 79.1 Å². The number of furan rings is 1. The van der Waals surface area contributed by atoms with Crippen LogP contribution in [0.25, 0.3) is 55.6 Å². The fourth-order valence-corrected chi connectivity index (χ4v) is 4.31. The topological polar surface area (TPSA) is 86.6 Å². The fourth-order valence-electron chi connectivity index (χ4n) is 4.31. The molecular weight excluding hydrogens is 412 g/mol. The van der Waals surface area contributed by atoms with Gasteiger partial charge in [0.2, 0.25) is 0 Å². The van der Waals surface area contributed by atoms with E-state index < -0.39 is 0 Å². The van der Waals surface area contributed by atoms with Gasteiger partial charge in [0.25, 0.3) is 0 Å². The van der Waals surface area contributed by atoms with Crippen molar-refractivity contribution in [3.8, 4) is 33.8 Å². The Bertz CT molecular complexity index is 1580. The highest BCUT2D eigenvalue weighted by atomic mass is 16.3. The van der Waals surface area contributed by atoms with Gasteiger partial charge in [-0.3, -0.25) is 15.1 Å². The molecule has 0 aliphatic rings. The predicted octanol–water partition coefficient (Wildman–Crippen LogP) is 5.49. The summed E-state index contributed by atoms with van der Waals surface area (Å²) in [7, 11) is 4.12. The molecule has 5 aromatic heterocycles. The molecule has 2 N–H and O–H groups in total. The minimum absolute atomic E-state index is 0.849. The Hall–Kier alpha value is -4.23. The minimum atomic E-state index is 0.849. The summed E-state index contributed by atoms with van der Waals surface area (Å²) >= 11 is 0. The fraction of sp³-hybridized carbons (Fsp3) is 0.115. The molecule has 0 aliphatic carbocycles. The zero-order valence-electron chi connectivity index (χ0n) is 18.3. The lowest BCUT2D eigenvalue weighted by atomic mass is 10.0. The van der Waals surface area contributed by atoms with Gasteiger partial charge < -0.3 is 14.3 Å². The summed E-state index contributed by atoms with van der Waals surface area (Å²) in [5.41, 5.74) is 9.01. The Balaban J connectivity index is 1.45. The molecule has 0 bridgehead atoms. The lowest BCUT2D eigenvalue weighted by molar-refractivity contribution is 0.402. The van der Waals surface area contributed by atoms with E-state index in [1.54, 1.807) is 18.7 Å². The average Bonchev–Trinajstić information content (AvgIpc) is 3.57. The standard InChI is InChI=1S/C26H22N6O/c1-32(2)14-16-9-19(13-27-12-16)17-3-4-23-20(10-17)26(31-30-23)24-11-21-22(29-24)5-7-28-25(21)18-6-8-33-15-18/h3-13,15,29H,14H2,1-2H3,(H,30,31). The van der Waals surface area contributed by atoms with E-state index in [0.29, 0.717) is 0 Å². The van der Waals surface area contributed by atoms with Gasteiger partial charge in [-0.25, -0.2) is 0 Å². The number of pyridine rings is 2. The summed E-state index contributed by atoms with van der Waals surface area (Å²) in [6, 6.07) is 14.5. The molecule has 6 aromatic rings. The Labute approximate surface area is 190 Å². The van der Waals surface area contributed by atoms with Gasteiger partial charge in [0.05, 0.1) is 29.4 Å². The second kappa shape index (κ2) is 7.72. The van der Waals surface area contributed by atoms with E-state index in [1.165, 1.54) is 5.56 Å². The van der Waals surface area contributed by atoms with Crippen LogP contribution in [0.15, 0.2) is 78.0 Å². The van der Waals surface area contributed by atoms with Crippen molar-refractivity contribution in [1.82, 2.24) is 30.0 Å². The summed E-state index contributed by atoms with van der Waals surface area (Å²) in [5, 5.41) is 9.87. The number of hydrogen-bond donors (Lipinski definition) is 2. The van der Waals surface area contributed by atoms with Crippen LogP contribution in [-0.4, -0.2) is 44.1 Å². The van der Waals surface area contributed by atoms with Gasteiger partial charge in [-0.05, 0) is 61.6 Å². The summed E-state index contributed by atoms with van der Waals surface area (Å²) < 4.78 is 5.26. The van der Waals surface area contributed by atoms with E-state index in [0.717, 1.165) is 62.1 Å². The second-order valence-electron chi connectivity index (χ2n) is 8.47. The molecule has 1 aromatic carbocycles. The van der Waals surface area contributed by atoms with Gasteiger partial charge in [-0.1, -0.05) is 6.07 Å². The predicted molar refractivity (Wildman–Crippen MR) is 130 cm³/mol. The molecule has 162 valence electrons. The lowest BCUT2D eigenvalue weighted by Gasteiger charge is -2.10. The molecule has 0 spiro atoms. The van der Waals surface area contributed by atoms with Crippen LogP contribution in [-0.2, 0) is 6.54 Å². The molecule has 7 heteroatoms. The van der Waals surface area contributed by atoms with E-state index >= 15 is 0 Å². The molecule has 6 rings (SSSR count). The number of aromatic amines is 2. The third-order valence-corrected chi connectivity index (χ3v) is 5.79. The molecule has 0 aliphatic heterocycles. The van der Waals surface area contributed by atoms with E-state index in [-0.39, 0.29) is 0 Å². The molecule has 33 heavy (non-hydrogen) atoms. The normalized spacial score (nSPS) is 11.7. The van der Waals surface area contributed by atoms with E-state index in [9.17, 15) is 0 Å². The monoisotopic (exact) mass is 434 g/mol. The first kappa shape index (κ1) is 19.5. The molecule has 0 amide bonds. The van der Waals surface area contributed by atoms with Gasteiger partial charge in [0.1, 0.15) is 5.69 Å². The number of hydrogen-bond acceptors (Lipinski definition) is 5. The molecule has 7 nitrogen and oxygen atoms in total. The third-order valence-electron chi connectivity index (χ3n) is 5.79. The van der Waals surface area contributed by atoms with Crippen LogP contribution in [0.2, 0.25) is 0 Å². The Morgan fingerprint density at radius 2 is 1.79 bits per heavy atom. The largest absolute Gasteiger partial charge is 0.472 e. The number of rotatable bonds is 5. The van der Waals surface area contributed by atoms with Gasteiger partial charge in [-0.2, -0.15) is 5.10 Å². The molecule has 0 saturated heterocycles. The van der Waals surface area contributed by atoms with Gasteiger partial charge in [0, 0.05) is 52.6 Å². The first-order chi connectivity index (χ1) is 16.2. The number of H-pyrrole nitrogens is 2. The van der Waals surface area contributed by atoms with Crippen LogP contribution >= 0.6 is 0 Å². The van der Waals surface area contributed by atoms with E-state index in [1.807, 2.05) is 24.5 Å². The molecule has 0 unspecified atom stereocenters. The summed E-state index contributed by atoms with van der Waals surface area (Å²) in [5.74, 6) is 0. The maximum atomic E-state index is 5.26. The van der Waals surface area contributed by atoms with Gasteiger partial charge >= 0.3 is 0 Å². The number of nitrogens with zero attached hydrogens (tertiary/aromatic N) is 4. The number of fused-ring (bicyclic) bond motifs is 2. The van der Waals surface area contributed by atoms with Crippen LogP contribution in [0.1, 0.15) is 5.56 Å². The Morgan fingerprint density at radius 3 is 2.64 bits per heavy atom. The van der Waals surface area contributed by atoms with Crippen LogP contribution in [0, 0.1) is 0 Å². The van der Waals surface area contributed by atoms with Crippen molar-refractivity contribution in [3.63, 3.8) is 0 Å². The number of nitrogens with one attached hydrogen (secondary N) is 2. The maximum Gasteiger partial charge on any atom is 0.116 e. The van der Waals surface area contributed by atoms with Crippen molar-refractivity contribution in [1.29, 1.82) is 0 Å². The Morgan fingerprint density at radius 1 is 0.879 bits per heavy atom. The molecule has 0 radical (unpaired) electrons. The quantitative estimate of drug-likeness (QED) is 0.375. The van der Waals surface area contributed by atoms with Gasteiger partial charge in [-0.15, -0.1) is 0 Å². The Kier molecular flexibility index (Phi) is 4.55. The zero-order chi connectivity index (χ0) is 22.4. The summed E-state index contributed by atoms with van der Waals surface area (Å²) in [6.45, 7) is 0.849. The number of benzene rings is 1. The van der Waals surface area contributed by atoms with Crippen molar-refractivity contribution >= 4 is 21.8 Å². The zero-order valence-corrected chi connectivity index (χ0v) is 18.3. The van der Waals surface area contributed by atoms with Crippen LogP contribution in [0.3, 0.4) is 0 Å². The van der Waals surface area contributed by atoms with Crippen molar-refractivity contribution in [2.24, 2.45) is 0 Å². The van der Waals surface area contributed by atoms with E-state index in [2.05, 4.69) is 74.5 Å². The first-order valence-electron chi connectivity index (χ1n) is 10.7. The average molecular weight is 435 g/mol. The summed E-state index contributed by atoms with van der Waals surface area (Å²) in [4.78, 5) is 14.7. The number of aromatic nitrogens is 5. The SMILES string of the molecule is CN(C)Cc1cncc(-c2ccc3[nH]nc(-c4cc5c(-c6ccoc6)nccc5[nH]4)c3c2)c1. The third kappa shape index (κ3) is 3.48. The highest BCUT2D eigenvalue weighted by Gasteiger charge is 2.15. The van der Waals surface area contributed by atoms with Crippen LogP contribution < -0.4 is 0 Å². The molecule has 0 atom stereocenters. The highest BCUT2D eigenvalue weighted by Crippen LogP contribution is 2.34. The summed E-state index contributed by atoms with van der Waals surface area (Å²) in [6.07, 6.45) is 9.00. The smallest absolute Gasteiger partial charge is 0.116 e. The highest BCUT2D eigenvalue weighted by molar-refractivity contribution is 6.00. The van der Waals surface area contributed by atoms with Crippen molar-refractivity contribution in [2.45, 2.75) is 6.54 Å².